The van der Waals surface area contributed by atoms with E-state index in [1.54, 1.807) is 6.92 Å². The fourth-order valence-corrected chi connectivity index (χ4v) is 2.75. The highest BCUT2D eigenvalue weighted by Crippen LogP contribution is 2.31. The molecule has 0 spiro atoms. The summed E-state index contributed by atoms with van der Waals surface area (Å²) in [5, 5.41) is 15.0. The first-order valence-corrected chi connectivity index (χ1v) is 7.62. The number of allylic oxidation sites excluding steroid dienone is 2. The first kappa shape index (κ1) is 15.2. The molecule has 0 saturated carbocycles. The largest absolute Gasteiger partial charge is 0.410 e. The minimum atomic E-state index is -0.0687. The highest BCUT2D eigenvalue weighted by Gasteiger charge is 2.29. The quantitative estimate of drug-likeness (QED) is 0.509. The van der Waals surface area contributed by atoms with Gasteiger partial charge in [-0.3, -0.25) is 9.79 Å². The number of carbonyl (C=O) groups is 1. The summed E-state index contributed by atoms with van der Waals surface area (Å²) in [5.41, 5.74) is 3.40. The number of ketones is 1. The van der Waals surface area contributed by atoms with E-state index in [4.69, 9.17) is 0 Å². The molecule has 0 aromatic heterocycles. The molecule has 0 radical (unpaired) electrons. The van der Waals surface area contributed by atoms with Crippen LogP contribution in [-0.4, -0.2) is 22.4 Å². The van der Waals surface area contributed by atoms with E-state index in [1.165, 1.54) is 0 Å². The van der Waals surface area contributed by atoms with Crippen LogP contribution in [-0.2, 0) is 0 Å². The molecule has 116 valence electrons. The summed E-state index contributed by atoms with van der Waals surface area (Å²) >= 11 is 0. The zero-order valence-electron chi connectivity index (χ0n) is 13.4. The lowest BCUT2D eigenvalue weighted by atomic mass is 9.85. The molecular weight excluding hydrogens is 288 g/mol. The number of Topliss-reactive ketones (excluding diaryl/α,β-unsaturated/α-hetero) is 1. The summed E-state index contributed by atoms with van der Waals surface area (Å²) in [5.74, 6) is -0.0687. The smallest absolute Gasteiger partial charge is 0.191 e. The van der Waals surface area contributed by atoms with Crippen LogP contribution >= 0.6 is 0 Å². The number of hydrogen-bond acceptors (Lipinski definition) is 4. The van der Waals surface area contributed by atoms with Gasteiger partial charge in [0.25, 0.3) is 0 Å². The van der Waals surface area contributed by atoms with Crippen molar-refractivity contribution < 1.29 is 10.0 Å². The van der Waals surface area contributed by atoms with Gasteiger partial charge in [0.1, 0.15) is 5.71 Å². The number of rotatable bonds is 2. The lowest BCUT2D eigenvalue weighted by molar-refractivity contribution is 0.103. The van der Waals surface area contributed by atoms with E-state index in [2.05, 4.69) is 10.1 Å². The van der Waals surface area contributed by atoms with Crippen molar-refractivity contribution in [2.45, 2.75) is 27.2 Å². The Morgan fingerprint density at radius 1 is 1.13 bits per heavy atom. The van der Waals surface area contributed by atoms with Crippen molar-refractivity contribution in [2.75, 3.05) is 0 Å². The zero-order chi connectivity index (χ0) is 16.6. The maximum atomic E-state index is 12.7. The van der Waals surface area contributed by atoms with E-state index in [1.807, 2.05) is 50.2 Å². The molecule has 4 nitrogen and oxygen atoms in total. The Morgan fingerprint density at radius 3 is 2.30 bits per heavy atom. The average molecular weight is 306 g/mol. The van der Waals surface area contributed by atoms with Crippen LogP contribution in [0.25, 0.3) is 10.8 Å². The molecule has 0 heterocycles. The first-order valence-electron chi connectivity index (χ1n) is 7.62. The maximum absolute atomic E-state index is 12.7. The van der Waals surface area contributed by atoms with Crippen molar-refractivity contribution in [1.29, 1.82) is 0 Å². The lowest BCUT2D eigenvalue weighted by Crippen LogP contribution is -2.21. The number of hydrogen-bond donors (Lipinski definition) is 1. The Hall–Kier alpha value is -2.75. The van der Waals surface area contributed by atoms with Crippen molar-refractivity contribution in [1.82, 2.24) is 0 Å². The fourth-order valence-electron chi connectivity index (χ4n) is 2.75. The highest BCUT2D eigenvalue weighted by atomic mass is 16.4. The standard InChI is InChI=1S/C19H18N2O2/c1-4-11(2)20-17-12(3)19(22)16-10-14-8-6-5-7-13(14)9-15(16)18(17)21-23/h5-10,23H,4H2,1-3H3/b20-11-,21-18+. The van der Waals surface area contributed by atoms with E-state index >= 15 is 0 Å². The normalized spacial score (nSPS) is 17.1. The Balaban J connectivity index is 2.30. The minimum absolute atomic E-state index is 0.0687. The van der Waals surface area contributed by atoms with Gasteiger partial charge in [-0.15, -0.1) is 0 Å². The van der Waals surface area contributed by atoms with E-state index in [0.29, 0.717) is 28.1 Å². The minimum Gasteiger partial charge on any atom is -0.410 e. The van der Waals surface area contributed by atoms with Gasteiger partial charge in [-0.1, -0.05) is 36.3 Å². The molecule has 0 unspecified atom stereocenters. The average Bonchev–Trinajstić information content (AvgIpc) is 2.58. The third-order valence-corrected chi connectivity index (χ3v) is 4.22. The number of aliphatic imine (C=N–C) groups is 1. The fraction of sp³-hybridized carbons (Fsp3) is 0.211. The van der Waals surface area contributed by atoms with Gasteiger partial charge in [-0.05, 0) is 43.2 Å². The Bertz CT molecular complexity index is 905. The number of oxime groups is 1. The van der Waals surface area contributed by atoms with Crippen LogP contribution in [0.1, 0.15) is 43.1 Å². The molecule has 0 atom stereocenters. The van der Waals surface area contributed by atoms with Crippen LogP contribution < -0.4 is 0 Å². The van der Waals surface area contributed by atoms with Crippen molar-refractivity contribution in [3.05, 3.63) is 58.8 Å². The summed E-state index contributed by atoms with van der Waals surface area (Å²) in [6.45, 7) is 5.62. The molecule has 0 bridgehead atoms. The molecule has 2 aromatic carbocycles. The van der Waals surface area contributed by atoms with Crippen molar-refractivity contribution in [3.63, 3.8) is 0 Å². The SMILES string of the molecule is CC/C(C)=N\C1=C(C)C(=O)c2cc3ccccc3cc2/C1=N\O. The summed E-state index contributed by atoms with van der Waals surface area (Å²) in [4.78, 5) is 17.2. The predicted molar refractivity (Wildman–Crippen MR) is 92.7 cm³/mol. The van der Waals surface area contributed by atoms with Gasteiger partial charge in [0, 0.05) is 22.4 Å². The second-order valence-corrected chi connectivity index (χ2v) is 5.70. The maximum Gasteiger partial charge on any atom is 0.191 e. The van der Waals surface area contributed by atoms with Gasteiger partial charge in [0.15, 0.2) is 5.78 Å². The molecule has 23 heavy (non-hydrogen) atoms. The zero-order valence-corrected chi connectivity index (χ0v) is 13.4. The second-order valence-electron chi connectivity index (χ2n) is 5.70. The molecule has 0 fully saturated rings. The molecule has 2 aromatic rings. The number of benzene rings is 2. The molecule has 1 aliphatic rings. The summed E-state index contributed by atoms with van der Waals surface area (Å²) in [7, 11) is 0. The van der Waals surface area contributed by atoms with Gasteiger partial charge in [0.2, 0.25) is 0 Å². The monoisotopic (exact) mass is 306 g/mol. The number of nitrogens with zero attached hydrogens (tertiary/aromatic N) is 2. The van der Waals surface area contributed by atoms with Crippen LogP contribution in [0.15, 0.2) is 57.8 Å². The van der Waals surface area contributed by atoms with Crippen molar-refractivity contribution >= 4 is 28.0 Å². The van der Waals surface area contributed by atoms with E-state index in [0.717, 1.165) is 22.9 Å². The first-order chi connectivity index (χ1) is 11.1. The predicted octanol–water partition coefficient (Wildman–Crippen LogP) is 4.36. The molecule has 1 N–H and O–H groups in total. The van der Waals surface area contributed by atoms with Crippen LogP contribution in [0.5, 0.6) is 0 Å². The summed E-state index contributed by atoms with van der Waals surface area (Å²) in [6.07, 6.45) is 0.772. The van der Waals surface area contributed by atoms with Crippen LogP contribution in [0.4, 0.5) is 0 Å². The van der Waals surface area contributed by atoms with E-state index < -0.39 is 0 Å². The Kier molecular flexibility index (Phi) is 3.82. The third-order valence-electron chi connectivity index (χ3n) is 4.22. The lowest BCUT2D eigenvalue weighted by Gasteiger charge is -2.20. The molecule has 0 aliphatic heterocycles. The van der Waals surface area contributed by atoms with Gasteiger partial charge in [0.05, 0.1) is 5.70 Å². The molecule has 0 amide bonds. The highest BCUT2D eigenvalue weighted by molar-refractivity contribution is 6.29. The second kappa shape index (κ2) is 5.80. The Labute approximate surface area is 134 Å². The van der Waals surface area contributed by atoms with E-state index in [-0.39, 0.29) is 5.78 Å². The molecular formula is C19H18N2O2. The molecule has 0 saturated heterocycles. The van der Waals surface area contributed by atoms with Gasteiger partial charge in [-0.2, -0.15) is 0 Å². The summed E-state index contributed by atoms with van der Waals surface area (Å²) < 4.78 is 0. The van der Waals surface area contributed by atoms with E-state index in [9.17, 15) is 10.0 Å². The molecule has 4 heteroatoms. The molecule has 3 rings (SSSR count). The number of fused-ring (bicyclic) bond motifs is 2. The van der Waals surface area contributed by atoms with Gasteiger partial charge in [-0.25, -0.2) is 0 Å². The Morgan fingerprint density at radius 2 is 1.74 bits per heavy atom. The third kappa shape index (κ3) is 2.46. The molecule has 1 aliphatic carbocycles. The van der Waals surface area contributed by atoms with Gasteiger partial charge < -0.3 is 5.21 Å². The van der Waals surface area contributed by atoms with Crippen molar-refractivity contribution in [2.24, 2.45) is 10.1 Å². The van der Waals surface area contributed by atoms with Crippen LogP contribution in [0.2, 0.25) is 0 Å². The van der Waals surface area contributed by atoms with Crippen molar-refractivity contribution in [3.8, 4) is 0 Å². The topological polar surface area (TPSA) is 62.0 Å². The van der Waals surface area contributed by atoms with Gasteiger partial charge >= 0.3 is 0 Å². The summed E-state index contributed by atoms with van der Waals surface area (Å²) in [6, 6.07) is 11.6. The van der Waals surface area contributed by atoms with Crippen LogP contribution in [0, 0.1) is 0 Å². The number of carbonyl (C=O) groups excluding carboxylic acids is 1. The van der Waals surface area contributed by atoms with Crippen LogP contribution in [0.3, 0.4) is 0 Å².